The number of aromatic nitrogens is 2. The third-order valence-electron chi connectivity index (χ3n) is 4.51. The molecule has 0 spiro atoms. The van der Waals surface area contributed by atoms with E-state index in [0.717, 1.165) is 6.07 Å². The summed E-state index contributed by atoms with van der Waals surface area (Å²) in [5.74, 6) is -0.303. The van der Waals surface area contributed by atoms with Gasteiger partial charge >= 0.3 is 17.1 Å². The number of nitro benzene ring substituents is 2. The number of rotatable bonds is 9. The van der Waals surface area contributed by atoms with Gasteiger partial charge in [0.15, 0.2) is 11.5 Å². The number of hydrogen-bond acceptors (Lipinski definition) is 12. The molecule has 15 nitrogen and oxygen atoms in total. The molecular formula is C19H17N7O8. The zero-order valence-electron chi connectivity index (χ0n) is 18.0. The molecule has 1 aromatic heterocycles. The average molecular weight is 471 g/mol. The molecule has 0 saturated carbocycles. The number of aryl methyl sites for hydroxylation is 1. The van der Waals surface area contributed by atoms with Crippen molar-refractivity contribution in [3.8, 4) is 11.5 Å². The molecule has 2 aromatic carbocycles. The van der Waals surface area contributed by atoms with Crippen LogP contribution in [-0.4, -0.2) is 39.0 Å². The molecular weight excluding hydrogens is 454 g/mol. The molecule has 0 unspecified atom stereocenters. The monoisotopic (exact) mass is 471 g/mol. The zero-order chi connectivity index (χ0) is 25.0. The molecule has 0 aliphatic heterocycles. The van der Waals surface area contributed by atoms with Gasteiger partial charge in [-0.25, -0.2) is 4.98 Å². The quantitative estimate of drug-likeness (QED) is 0.336. The van der Waals surface area contributed by atoms with Crippen molar-refractivity contribution in [1.29, 1.82) is 0 Å². The van der Waals surface area contributed by atoms with E-state index in [1.54, 1.807) is 0 Å². The minimum atomic E-state index is -0.697. The first-order valence-electron chi connectivity index (χ1n) is 9.36. The summed E-state index contributed by atoms with van der Waals surface area (Å²) in [6.45, 7) is 1.38. The van der Waals surface area contributed by atoms with E-state index in [1.807, 2.05) is 0 Å². The van der Waals surface area contributed by atoms with Crippen LogP contribution >= 0.6 is 0 Å². The maximum Gasteiger partial charge on any atom is 0.332 e. The minimum Gasteiger partial charge on any atom is -0.490 e. The Bertz CT molecular complexity index is 1300. The number of hydrogen-bond donors (Lipinski definition) is 2. The highest BCUT2D eigenvalue weighted by Gasteiger charge is 2.24. The van der Waals surface area contributed by atoms with E-state index in [9.17, 15) is 30.3 Å². The Kier molecular flexibility index (Phi) is 6.65. The average Bonchev–Trinajstić information content (AvgIpc) is 2.78. The number of nitrogens with one attached hydrogen (secondary N) is 2. The number of anilines is 4. The third kappa shape index (κ3) is 4.87. The van der Waals surface area contributed by atoms with Crippen LogP contribution in [0.1, 0.15) is 5.69 Å². The number of methoxy groups -OCH3 is 2. The summed E-state index contributed by atoms with van der Waals surface area (Å²) in [5.41, 5.74) is -0.771. The molecule has 1 heterocycles. The predicted molar refractivity (Wildman–Crippen MR) is 119 cm³/mol. The highest BCUT2D eigenvalue weighted by molar-refractivity contribution is 5.72. The summed E-state index contributed by atoms with van der Waals surface area (Å²) >= 11 is 0. The lowest BCUT2D eigenvalue weighted by Gasteiger charge is -2.12. The molecule has 0 atom stereocenters. The largest absolute Gasteiger partial charge is 0.490 e. The number of benzene rings is 2. The summed E-state index contributed by atoms with van der Waals surface area (Å²) in [6, 6.07) is 7.93. The van der Waals surface area contributed by atoms with Gasteiger partial charge in [-0.3, -0.25) is 30.3 Å². The van der Waals surface area contributed by atoms with Crippen molar-refractivity contribution >= 4 is 40.2 Å². The Morgan fingerprint density at radius 1 is 0.765 bits per heavy atom. The van der Waals surface area contributed by atoms with Gasteiger partial charge in [0.05, 0.1) is 29.0 Å². The first kappa shape index (κ1) is 23.6. The topological polar surface area (TPSA) is 198 Å². The maximum absolute atomic E-state index is 11.6. The van der Waals surface area contributed by atoms with E-state index >= 15 is 0 Å². The van der Waals surface area contributed by atoms with Crippen LogP contribution in [0.3, 0.4) is 0 Å². The van der Waals surface area contributed by atoms with Crippen LogP contribution in [0.5, 0.6) is 11.5 Å². The maximum atomic E-state index is 11.6. The van der Waals surface area contributed by atoms with Crippen LogP contribution in [0.15, 0.2) is 36.4 Å². The lowest BCUT2D eigenvalue weighted by atomic mass is 10.2. The van der Waals surface area contributed by atoms with E-state index in [1.165, 1.54) is 51.5 Å². The second-order valence-corrected chi connectivity index (χ2v) is 6.62. The molecule has 0 fully saturated rings. The lowest BCUT2D eigenvalue weighted by molar-refractivity contribution is -0.385. The second-order valence-electron chi connectivity index (χ2n) is 6.62. The molecule has 3 rings (SSSR count). The second kappa shape index (κ2) is 9.60. The van der Waals surface area contributed by atoms with Crippen LogP contribution in [0, 0.1) is 37.3 Å². The van der Waals surface area contributed by atoms with Gasteiger partial charge in [0.1, 0.15) is 5.69 Å². The Balaban J connectivity index is 2.02. The highest BCUT2D eigenvalue weighted by Crippen LogP contribution is 2.35. The van der Waals surface area contributed by atoms with Crippen LogP contribution < -0.4 is 20.1 Å². The lowest BCUT2D eigenvalue weighted by Crippen LogP contribution is -2.08. The standard InChI is InChI=1S/C19H17N7O8/c1-10-17(26(31)32)18(21-11-4-6-15(33-2)13(8-11)24(27)28)23-19(20-10)22-12-5-7-16(34-3)14(9-12)25(29)30/h4-9H,1-3H3,(H2,20,21,22,23). The molecule has 15 heteroatoms. The molecule has 0 saturated heterocycles. The van der Waals surface area contributed by atoms with Gasteiger partial charge in [-0.1, -0.05) is 0 Å². The third-order valence-corrected chi connectivity index (χ3v) is 4.51. The summed E-state index contributed by atoms with van der Waals surface area (Å²) < 4.78 is 9.91. The number of nitrogens with zero attached hydrogens (tertiary/aromatic N) is 5. The molecule has 0 aliphatic rings. The molecule has 0 bridgehead atoms. The van der Waals surface area contributed by atoms with Crippen molar-refractivity contribution in [2.24, 2.45) is 0 Å². The van der Waals surface area contributed by atoms with Crippen molar-refractivity contribution in [3.05, 3.63) is 72.4 Å². The van der Waals surface area contributed by atoms with Gasteiger partial charge in [0.2, 0.25) is 11.8 Å². The first-order valence-corrected chi connectivity index (χ1v) is 9.36. The van der Waals surface area contributed by atoms with Crippen LogP contribution in [-0.2, 0) is 0 Å². The number of nitro groups is 3. The Morgan fingerprint density at radius 3 is 1.71 bits per heavy atom. The zero-order valence-corrected chi connectivity index (χ0v) is 18.0. The summed E-state index contributed by atoms with van der Waals surface area (Å²) in [5, 5.41) is 39.6. The van der Waals surface area contributed by atoms with Gasteiger partial charge in [-0.2, -0.15) is 4.98 Å². The van der Waals surface area contributed by atoms with Gasteiger partial charge in [0.25, 0.3) is 0 Å². The van der Waals surface area contributed by atoms with Crippen molar-refractivity contribution in [2.75, 3.05) is 24.9 Å². The fourth-order valence-electron chi connectivity index (χ4n) is 3.02. The van der Waals surface area contributed by atoms with Crippen LogP contribution in [0.2, 0.25) is 0 Å². The first-order chi connectivity index (χ1) is 16.1. The van der Waals surface area contributed by atoms with Crippen LogP contribution in [0.4, 0.5) is 40.2 Å². The van der Waals surface area contributed by atoms with Crippen molar-refractivity contribution in [1.82, 2.24) is 9.97 Å². The van der Waals surface area contributed by atoms with Gasteiger partial charge in [0, 0.05) is 23.5 Å². The van der Waals surface area contributed by atoms with E-state index in [0.29, 0.717) is 0 Å². The fraction of sp³-hybridized carbons (Fsp3) is 0.158. The highest BCUT2D eigenvalue weighted by atomic mass is 16.6. The summed E-state index contributed by atoms with van der Waals surface area (Å²) in [4.78, 5) is 40.3. The fourth-order valence-corrected chi connectivity index (χ4v) is 3.02. The molecule has 34 heavy (non-hydrogen) atoms. The van der Waals surface area contributed by atoms with E-state index in [4.69, 9.17) is 9.47 Å². The minimum absolute atomic E-state index is 0.00683. The van der Waals surface area contributed by atoms with Gasteiger partial charge in [-0.15, -0.1) is 0 Å². The number of ether oxygens (including phenoxy) is 2. The van der Waals surface area contributed by atoms with Crippen molar-refractivity contribution in [2.45, 2.75) is 6.92 Å². The molecule has 0 aliphatic carbocycles. The smallest absolute Gasteiger partial charge is 0.332 e. The Morgan fingerprint density at radius 2 is 1.26 bits per heavy atom. The predicted octanol–water partition coefficient (Wildman–Crippen LogP) is 4.01. The summed E-state index contributed by atoms with van der Waals surface area (Å²) in [7, 11) is 2.56. The molecule has 0 radical (unpaired) electrons. The van der Waals surface area contributed by atoms with E-state index in [2.05, 4.69) is 20.6 Å². The molecule has 3 aromatic rings. The van der Waals surface area contributed by atoms with E-state index in [-0.39, 0.29) is 51.7 Å². The molecule has 2 N–H and O–H groups in total. The SMILES string of the molecule is COc1ccc(Nc2nc(C)c([N+](=O)[O-])c(Nc3ccc(OC)c([N+](=O)[O-])c3)n2)cc1[N+](=O)[O-]. The van der Waals surface area contributed by atoms with Crippen molar-refractivity contribution in [3.63, 3.8) is 0 Å². The molecule has 176 valence electrons. The normalized spacial score (nSPS) is 10.3. The van der Waals surface area contributed by atoms with Gasteiger partial charge in [-0.05, 0) is 31.2 Å². The van der Waals surface area contributed by atoms with Crippen molar-refractivity contribution < 1.29 is 24.2 Å². The van der Waals surface area contributed by atoms with Crippen LogP contribution in [0.25, 0.3) is 0 Å². The Hall–Kier alpha value is -5.08. The summed E-state index contributed by atoms with van der Waals surface area (Å²) in [6.07, 6.45) is 0. The van der Waals surface area contributed by atoms with E-state index < -0.39 is 20.5 Å². The van der Waals surface area contributed by atoms with Gasteiger partial charge < -0.3 is 20.1 Å². The Labute approximate surface area is 190 Å². The molecule has 0 amide bonds.